The van der Waals surface area contributed by atoms with E-state index in [1.165, 1.54) is 12.8 Å². The molecule has 1 N–H and O–H groups in total. The third kappa shape index (κ3) is 3.25. The molecular weight excluding hydrogens is 168 g/mol. The first-order valence-corrected chi connectivity index (χ1v) is 5.27. The predicted molar refractivity (Wildman–Crippen MR) is 50.0 cm³/mol. The quantitative estimate of drug-likeness (QED) is 0.532. The SMILES string of the molecule is CCCCC[C@@H]1CC(O)(CC)OO1. The number of hydrogen-bond donors (Lipinski definition) is 1. The molecule has 13 heavy (non-hydrogen) atoms. The van der Waals surface area contributed by atoms with Gasteiger partial charge in [-0.05, 0) is 6.42 Å². The zero-order valence-corrected chi connectivity index (χ0v) is 8.58. The van der Waals surface area contributed by atoms with Crippen molar-refractivity contribution in [2.24, 2.45) is 0 Å². The van der Waals surface area contributed by atoms with E-state index in [4.69, 9.17) is 9.78 Å². The average Bonchev–Trinajstić information content (AvgIpc) is 2.50. The van der Waals surface area contributed by atoms with Crippen molar-refractivity contribution >= 4 is 0 Å². The van der Waals surface area contributed by atoms with E-state index < -0.39 is 5.79 Å². The van der Waals surface area contributed by atoms with E-state index in [2.05, 4.69) is 6.92 Å². The first kappa shape index (κ1) is 11.0. The summed E-state index contributed by atoms with van der Waals surface area (Å²) < 4.78 is 0. The Labute approximate surface area is 80.0 Å². The molecule has 0 aromatic carbocycles. The molecule has 0 saturated carbocycles. The predicted octanol–water partition coefficient (Wildman–Crippen LogP) is 2.39. The summed E-state index contributed by atoms with van der Waals surface area (Å²) in [6, 6.07) is 0. The molecule has 0 aromatic rings. The first-order chi connectivity index (χ1) is 6.20. The summed E-state index contributed by atoms with van der Waals surface area (Å²) in [6.07, 6.45) is 5.90. The molecule has 0 spiro atoms. The largest absolute Gasteiger partial charge is 0.363 e. The van der Waals surface area contributed by atoms with Crippen molar-refractivity contribution in [1.29, 1.82) is 0 Å². The third-order valence-corrected chi connectivity index (χ3v) is 2.57. The smallest absolute Gasteiger partial charge is 0.201 e. The molecule has 3 heteroatoms. The molecule has 1 aliphatic rings. The van der Waals surface area contributed by atoms with Gasteiger partial charge in [0.1, 0.15) is 0 Å². The lowest BCUT2D eigenvalue weighted by molar-refractivity contribution is -0.378. The fourth-order valence-corrected chi connectivity index (χ4v) is 1.56. The van der Waals surface area contributed by atoms with Gasteiger partial charge in [0.15, 0.2) is 0 Å². The molecule has 0 bridgehead atoms. The minimum atomic E-state index is -1.02. The van der Waals surface area contributed by atoms with Gasteiger partial charge in [-0.1, -0.05) is 33.1 Å². The van der Waals surface area contributed by atoms with Crippen LogP contribution in [0.2, 0.25) is 0 Å². The molecule has 0 radical (unpaired) electrons. The second-order valence-electron chi connectivity index (χ2n) is 3.80. The molecule has 1 aliphatic heterocycles. The van der Waals surface area contributed by atoms with Crippen LogP contribution < -0.4 is 0 Å². The normalized spacial score (nSPS) is 33.9. The van der Waals surface area contributed by atoms with Crippen LogP contribution in [-0.2, 0) is 9.78 Å². The van der Waals surface area contributed by atoms with E-state index in [1.807, 2.05) is 6.92 Å². The Morgan fingerprint density at radius 3 is 2.69 bits per heavy atom. The highest BCUT2D eigenvalue weighted by Gasteiger charge is 2.38. The van der Waals surface area contributed by atoms with Crippen LogP contribution >= 0.6 is 0 Å². The molecular formula is C10H20O3. The van der Waals surface area contributed by atoms with Gasteiger partial charge in [-0.15, -0.1) is 0 Å². The lowest BCUT2D eigenvalue weighted by Gasteiger charge is -2.14. The highest BCUT2D eigenvalue weighted by Crippen LogP contribution is 2.30. The molecule has 78 valence electrons. The maximum absolute atomic E-state index is 9.68. The lowest BCUT2D eigenvalue weighted by Crippen LogP contribution is -2.26. The summed E-state index contributed by atoms with van der Waals surface area (Å²) in [5.41, 5.74) is 0. The maximum atomic E-state index is 9.68. The number of aliphatic hydroxyl groups is 1. The third-order valence-electron chi connectivity index (χ3n) is 2.57. The van der Waals surface area contributed by atoms with E-state index >= 15 is 0 Å². The summed E-state index contributed by atoms with van der Waals surface area (Å²) in [6.45, 7) is 4.08. The summed E-state index contributed by atoms with van der Waals surface area (Å²) in [7, 11) is 0. The minimum absolute atomic E-state index is 0.0940. The molecule has 1 rings (SSSR count). The lowest BCUT2D eigenvalue weighted by atomic mass is 10.0. The summed E-state index contributed by atoms with van der Waals surface area (Å²) in [4.78, 5) is 9.94. The molecule has 1 saturated heterocycles. The second kappa shape index (κ2) is 4.94. The molecule has 0 aromatic heterocycles. The van der Waals surface area contributed by atoms with Gasteiger partial charge in [-0.3, -0.25) is 0 Å². The van der Waals surface area contributed by atoms with Gasteiger partial charge in [0.05, 0.1) is 6.10 Å². The molecule has 1 heterocycles. The van der Waals surface area contributed by atoms with Crippen LogP contribution in [0.4, 0.5) is 0 Å². The van der Waals surface area contributed by atoms with Gasteiger partial charge in [0, 0.05) is 12.8 Å². The van der Waals surface area contributed by atoms with Gasteiger partial charge in [0.25, 0.3) is 0 Å². The number of hydrogen-bond acceptors (Lipinski definition) is 3. The Morgan fingerprint density at radius 1 is 1.38 bits per heavy atom. The van der Waals surface area contributed by atoms with Crippen molar-refractivity contribution in [1.82, 2.24) is 0 Å². The van der Waals surface area contributed by atoms with Crippen molar-refractivity contribution in [2.75, 3.05) is 0 Å². The van der Waals surface area contributed by atoms with Crippen LogP contribution in [0.15, 0.2) is 0 Å². The van der Waals surface area contributed by atoms with Gasteiger partial charge in [-0.2, -0.15) is 0 Å². The van der Waals surface area contributed by atoms with E-state index in [9.17, 15) is 5.11 Å². The van der Waals surface area contributed by atoms with E-state index in [-0.39, 0.29) is 6.10 Å². The van der Waals surface area contributed by atoms with Crippen molar-refractivity contribution in [2.45, 2.75) is 64.3 Å². The van der Waals surface area contributed by atoms with Gasteiger partial charge < -0.3 is 5.11 Å². The van der Waals surface area contributed by atoms with Crippen LogP contribution in [0.25, 0.3) is 0 Å². The van der Waals surface area contributed by atoms with Crippen LogP contribution in [0.5, 0.6) is 0 Å². The van der Waals surface area contributed by atoms with Crippen molar-refractivity contribution < 1.29 is 14.9 Å². The minimum Gasteiger partial charge on any atom is -0.363 e. The summed E-state index contributed by atoms with van der Waals surface area (Å²) in [5, 5.41) is 9.68. The van der Waals surface area contributed by atoms with Gasteiger partial charge in [0.2, 0.25) is 5.79 Å². The van der Waals surface area contributed by atoms with Crippen LogP contribution in [0.1, 0.15) is 52.4 Å². The summed E-state index contributed by atoms with van der Waals surface area (Å²) in [5.74, 6) is -1.02. The van der Waals surface area contributed by atoms with E-state index in [1.54, 1.807) is 0 Å². The Bertz CT molecular complexity index is 149. The molecule has 1 unspecified atom stereocenters. The Hall–Kier alpha value is -0.120. The fourth-order valence-electron chi connectivity index (χ4n) is 1.56. The molecule has 0 aliphatic carbocycles. The van der Waals surface area contributed by atoms with Crippen LogP contribution in [0.3, 0.4) is 0 Å². The van der Waals surface area contributed by atoms with Crippen molar-refractivity contribution in [3.8, 4) is 0 Å². The van der Waals surface area contributed by atoms with Crippen LogP contribution in [0, 0.1) is 0 Å². The Balaban J connectivity index is 2.17. The van der Waals surface area contributed by atoms with E-state index in [0.717, 1.165) is 12.8 Å². The fraction of sp³-hybridized carbons (Fsp3) is 1.00. The zero-order chi connectivity index (χ0) is 9.73. The summed E-state index contributed by atoms with van der Waals surface area (Å²) >= 11 is 0. The molecule has 1 fully saturated rings. The maximum Gasteiger partial charge on any atom is 0.201 e. The molecule has 2 atom stereocenters. The standard InChI is InChI=1S/C10H20O3/c1-3-5-6-7-9-8-10(11,4-2)13-12-9/h9,11H,3-8H2,1-2H3/t9-,10?/m1/s1. The molecule has 3 nitrogen and oxygen atoms in total. The molecule has 0 amide bonds. The zero-order valence-electron chi connectivity index (χ0n) is 8.58. The Kier molecular flexibility index (Phi) is 4.16. The Morgan fingerprint density at radius 2 is 2.15 bits per heavy atom. The highest BCUT2D eigenvalue weighted by atomic mass is 17.2. The second-order valence-corrected chi connectivity index (χ2v) is 3.80. The monoisotopic (exact) mass is 188 g/mol. The van der Waals surface area contributed by atoms with Crippen molar-refractivity contribution in [3.05, 3.63) is 0 Å². The number of rotatable bonds is 5. The van der Waals surface area contributed by atoms with Crippen molar-refractivity contribution in [3.63, 3.8) is 0 Å². The van der Waals surface area contributed by atoms with E-state index in [0.29, 0.717) is 12.8 Å². The van der Waals surface area contributed by atoms with Gasteiger partial charge >= 0.3 is 0 Å². The first-order valence-electron chi connectivity index (χ1n) is 5.27. The van der Waals surface area contributed by atoms with Gasteiger partial charge in [-0.25, -0.2) is 9.78 Å². The van der Waals surface area contributed by atoms with Crippen LogP contribution in [-0.4, -0.2) is 17.0 Å². The number of unbranched alkanes of at least 4 members (excludes halogenated alkanes) is 2. The average molecular weight is 188 g/mol. The highest BCUT2D eigenvalue weighted by molar-refractivity contribution is 4.74. The topological polar surface area (TPSA) is 38.7 Å².